The Balaban J connectivity index is 3.25. The van der Waals surface area contributed by atoms with Gasteiger partial charge in [-0.2, -0.15) is 0 Å². The number of sulfone groups is 1. The maximum atomic E-state index is 11.8. The van der Waals surface area contributed by atoms with Crippen molar-refractivity contribution in [1.82, 2.24) is 5.32 Å². The summed E-state index contributed by atoms with van der Waals surface area (Å²) in [6, 6.07) is -0.976. The highest BCUT2D eigenvalue weighted by molar-refractivity contribution is 8.01. The zero-order valence-corrected chi connectivity index (χ0v) is 19.3. The topological polar surface area (TPSA) is 151 Å². The van der Waals surface area contributed by atoms with Crippen LogP contribution in [0.3, 0.4) is 0 Å². The highest BCUT2D eigenvalue weighted by atomic mass is 32.2. The fourth-order valence-corrected chi connectivity index (χ4v) is 5.16. The summed E-state index contributed by atoms with van der Waals surface area (Å²) in [6.07, 6.45) is -3.39. The molecule has 0 saturated carbocycles. The number of amides is 1. The van der Waals surface area contributed by atoms with E-state index in [9.17, 15) is 27.6 Å². The molecule has 0 radical (unpaired) electrons. The summed E-state index contributed by atoms with van der Waals surface area (Å²) in [4.78, 5) is 46.5. The molecular formula is C18H27NO10S2. The van der Waals surface area contributed by atoms with Gasteiger partial charge in [0, 0.05) is 38.9 Å². The molecular weight excluding hydrogens is 454 g/mol. The maximum Gasteiger partial charge on any atom is 0.303 e. The van der Waals surface area contributed by atoms with Crippen molar-refractivity contribution in [1.29, 1.82) is 0 Å². The van der Waals surface area contributed by atoms with Gasteiger partial charge in [-0.15, -0.1) is 11.8 Å². The van der Waals surface area contributed by atoms with E-state index < -0.39 is 63.4 Å². The van der Waals surface area contributed by atoms with Crippen LogP contribution in [0, 0.1) is 0 Å². The Morgan fingerprint density at radius 2 is 1.61 bits per heavy atom. The summed E-state index contributed by atoms with van der Waals surface area (Å²) in [6.45, 7) is 7.63. The molecule has 0 unspecified atom stereocenters. The molecule has 1 N–H and O–H groups in total. The number of esters is 3. The molecule has 0 spiro atoms. The van der Waals surface area contributed by atoms with Gasteiger partial charge >= 0.3 is 17.9 Å². The number of ether oxygens (including phenoxy) is 4. The zero-order valence-electron chi connectivity index (χ0n) is 17.7. The lowest BCUT2D eigenvalue weighted by molar-refractivity contribution is -0.211. The molecule has 1 amide bonds. The molecule has 1 fully saturated rings. The average molecular weight is 482 g/mol. The van der Waals surface area contributed by atoms with E-state index in [2.05, 4.69) is 11.9 Å². The maximum absolute atomic E-state index is 11.8. The third-order valence-corrected chi connectivity index (χ3v) is 6.69. The van der Waals surface area contributed by atoms with E-state index in [1.54, 1.807) is 0 Å². The molecule has 13 heteroatoms. The van der Waals surface area contributed by atoms with Gasteiger partial charge in [0.25, 0.3) is 0 Å². The fraction of sp³-hybridized carbons (Fsp3) is 0.667. The number of hydrogen-bond donors (Lipinski definition) is 1. The van der Waals surface area contributed by atoms with Crippen molar-refractivity contribution in [2.24, 2.45) is 0 Å². The third kappa shape index (κ3) is 9.27. The smallest absolute Gasteiger partial charge is 0.303 e. The summed E-state index contributed by atoms with van der Waals surface area (Å²) in [5.74, 6) is -2.67. The first-order valence-electron chi connectivity index (χ1n) is 9.23. The third-order valence-electron chi connectivity index (χ3n) is 3.98. The minimum absolute atomic E-state index is 0.0699. The largest absolute Gasteiger partial charge is 0.463 e. The molecule has 1 saturated heterocycles. The number of carbonyl (C=O) groups excluding carboxylic acids is 4. The number of rotatable bonds is 10. The van der Waals surface area contributed by atoms with Crippen LogP contribution in [0.5, 0.6) is 0 Å². The van der Waals surface area contributed by atoms with Crippen molar-refractivity contribution < 1.29 is 46.5 Å². The number of nitrogens with one attached hydrogen (secondary N) is 1. The Hall–Kier alpha value is -2.12. The predicted octanol–water partition coefficient (Wildman–Crippen LogP) is -0.0660. The number of thioether (sulfide) groups is 1. The van der Waals surface area contributed by atoms with Gasteiger partial charge < -0.3 is 24.3 Å². The SMILES string of the molecule is C=CS(=O)(=O)CCS[C@@H]1O[C@H](COC(C)=O)[C@@H](OC(C)=O)[C@H](OC(C)=O)[C@H]1NC(C)=O. The molecule has 5 atom stereocenters. The lowest BCUT2D eigenvalue weighted by atomic mass is 9.97. The van der Waals surface area contributed by atoms with Gasteiger partial charge in [-0.25, -0.2) is 8.42 Å². The second kappa shape index (κ2) is 12.1. The molecule has 0 aromatic carbocycles. The van der Waals surface area contributed by atoms with Gasteiger partial charge in [-0.3, -0.25) is 19.2 Å². The van der Waals surface area contributed by atoms with Gasteiger partial charge in [-0.05, 0) is 0 Å². The molecule has 0 aromatic heterocycles. The zero-order chi connectivity index (χ0) is 23.8. The Morgan fingerprint density at radius 3 is 2.10 bits per heavy atom. The van der Waals surface area contributed by atoms with Crippen molar-refractivity contribution in [2.75, 3.05) is 18.1 Å². The highest BCUT2D eigenvalue weighted by Gasteiger charge is 2.50. The van der Waals surface area contributed by atoms with Crippen LogP contribution < -0.4 is 5.32 Å². The summed E-state index contributed by atoms with van der Waals surface area (Å²) in [7, 11) is -3.48. The summed E-state index contributed by atoms with van der Waals surface area (Å²) < 4.78 is 44.9. The van der Waals surface area contributed by atoms with E-state index in [0.29, 0.717) is 0 Å². The van der Waals surface area contributed by atoms with Gasteiger partial charge in [0.2, 0.25) is 5.91 Å². The number of carbonyl (C=O) groups is 4. The molecule has 0 bridgehead atoms. The Morgan fingerprint density at radius 1 is 1.03 bits per heavy atom. The minimum Gasteiger partial charge on any atom is -0.463 e. The van der Waals surface area contributed by atoms with Crippen LogP contribution in [-0.4, -0.2) is 80.1 Å². The molecule has 1 rings (SSSR count). The van der Waals surface area contributed by atoms with Crippen molar-refractivity contribution in [3.63, 3.8) is 0 Å². The van der Waals surface area contributed by atoms with Crippen LogP contribution in [0.25, 0.3) is 0 Å². The van der Waals surface area contributed by atoms with Gasteiger partial charge in [0.05, 0.1) is 5.75 Å². The first kappa shape index (κ1) is 26.9. The van der Waals surface area contributed by atoms with Crippen LogP contribution >= 0.6 is 11.8 Å². The van der Waals surface area contributed by atoms with Crippen molar-refractivity contribution in [3.8, 4) is 0 Å². The summed E-state index contributed by atoms with van der Waals surface area (Å²) >= 11 is 1.04. The standard InChI is InChI=1S/C18H27NO10S2/c1-6-31(24,25)8-7-30-18-15(19-10(2)20)17(28-13(5)23)16(27-12(4)22)14(29-18)9-26-11(3)21/h6,14-18H,1,7-9H2,2-5H3,(H,19,20)/t14-,15-,16-,17-,18+/m1/s1. The van der Waals surface area contributed by atoms with Crippen molar-refractivity contribution in [2.45, 2.75) is 57.5 Å². The molecule has 1 aliphatic heterocycles. The van der Waals surface area contributed by atoms with Crippen LogP contribution in [0.1, 0.15) is 27.7 Å². The van der Waals surface area contributed by atoms with Crippen LogP contribution in [0.4, 0.5) is 0 Å². The lowest BCUT2D eigenvalue weighted by Gasteiger charge is -2.45. The number of hydrogen-bond acceptors (Lipinski definition) is 11. The summed E-state index contributed by atoms with van der Waals surface area (Å²) in [5.41, 5.74) is -0.902. The molecule has 11 nitrogen and oxygen atoms in total. The fourth-order valence-electron chi connectivity index (χ4n) is 2.80. The molecule has 1 heterocycles. The lowest BCUT2D eigenvalue weighted by Crippen LogP contribution is -2.65. The Bertz CT molecular complexity index is 797. The van der Waals surface area contributed by atoms with Crippen molar-refractivity contribution >= 4 is 45.4 Å². The molecule has 176 valence electrons. The van der Waals surface area contributed by atoms with Gasteiger partial charge in [-0.1, -0.05) is 6.58 Å². The minimum atomic E-state index is -3.48. The van der Waals surface area contributed by atoms with Crippen LogP contribution in [0.2, 0.25) is 0 Å². The first-order chi connectivity index (χ1) is 14.4. The Kier molecular flexibility index (Phi) is 10.5. The van der Waals surface area contributed by atoms with E-state index in [4.69, 9.17) is 18.9 Å². The second-order valence-corrected chi connectivity index (χ2v) is 9.90. The van der Waals surface area contributed by atoms with Crippen LogP contribution in [0.15, 0.2) is 12.0 Å². The van der Waals surface area contributed by atoms with E-state index in [0.717, 1.165) is 31.0 Å². The molecule has 1 aliphatic rings. The van der Waals surface area contributed by atoms with Gasteiger partial charge in [0.1, 0.15) is 24.2 Å². The molecule has 0 aromatic rings. The van der Waals surface area contributed by atoms with E-state index in [-0.39, 0.29) is 18.1 Å². The molecule has 0 aliphatic carbocycles. The van der Waals surface area contributed by atoms with E-state index >= 15 is 0 Å². The highest BCUT2D eigenvalue weighted by Crippen LogP contribution is 2.32. The normalized spacial score (nSPS) is 25.7. The Labute approximate surface area is 185 Å². The van der Waals surface area contributed by atoms with Gasteiger partial charge in [0.15, 0.2) is 22.0 Å². The first-order valence-corrected chi connectivity index (χ1v) is 12.0. The van der Waals surface area contributed by atoms with E-state index in [1.165, 1.54) is 13.8 Å². The second-order valence-electron chi connectivity index (χ2n) is 6.62. The average Bonchev–Trinajstić information content (AvgIpc) is 2.63. The molecule has 31 heavy (non-hydrogen) atoms. The monoisotopic (exact) mass is 481 g/mol. The predicted molar refractivity (Wildman–Crippen MR) is 110 cm³/mol. The quantitative estimate of drug-likeness (QED) is 0.330. The van der Waals surface area contributed by atoms with Crippen molar-refractivity contribution in [3.05, 3.63) is 12.0 Å². The van der Waals surface area contributed by atoms with Crippen LogP contribution in [-0.2, 0) is 48.0 Å². The van der Waals surface area contributed by atoms with E-state index in [1.807, 2.05) is 0 Å². The summed E-state index contributed by atoms with van der Waals surface area (Å²) in [5, 5.41) is 3.44.